The summed E-state index contributed by atoms with van der Waals surface area (Å²) in [5.74, 6) is 1.08. The highest BCUT2D eigenvalue weighted by molar-refractivity contribution is 6.29. The van der Waals surface area contributed by atoms with Crippen LogP contribution in [0.1, 0.15) is 47.2 Å². The highest BCUT2D eigenvalue weighted by Gasteiger charge is 2.27. The Labute approximate surface area is 174 Å². The van der Waals surface area contributed by atoms with Gasteiger partial charge in [0.05, 0.1) is 17.0 Å². The second kappa shape index (κ2) is 7.79. The Hall–Kier alpha value is -2.99. The van der Waals surface area contributed by atoms with E-state index in [0.29, 0.717) is 30.2 Å². The van der Waals surface area contributed by atoms with Crippen LogP contribution in [0.3, 0.4) is 0 Å². The van der Waals surface area contributed by atoms with Crippen molar-refractivity contribution in [2.45, 2.75) is 32.7 Å². The molecule has 4 rings (SSSR count). The van der Waals surface area contributed by atoms with E-state index < -0.39 is 0 Å². The quantitative estimate of drug-likeness (QED) is 0.656. The van der Waals surface area contributed by atoms with Gasteiger partial charge in [0.15, 0.2) is 0 Å². The first-order valence-corrected chi connectivity index (χ1v) is 9.90. The van der Waals surface area contributed by atoms with Crippen LogP contribution in [0.5, 0.6) is 5.75 Å². The molecule has 0 atom stereocenters. The lowest BCUT2D eigenvalue weighted by Gasteiger charge is -2.30. The van der Waals surface area contributed by atoms with E-state index in [1.54, 1.807) is 29.2 Å². The van der Waals surface area contributed by atoms with Gasteiger partial charge in [-0.3, -0.25) is 4.79 Å². The van der Waals surface area contributed by atoms with E-state index in [-0.39, 0.29) is 17.6 Å². The Balaban J connectivity index is 1.73. The van der Waals surface area contributed by atoms with Crippen LogP contribution in [0.15, 0.2) is 42.6 Å². The van der Waals surface area contributed by atoms with Gasteiger partial charge in [-0.2, -0.15) is 0 Å². The van der Waals surface area contributed by atoms with Gasteiger partial charge >= 0.3 is 0 Å². The number of nitrogens with zero attached hydrogens (tertiary/aromatic N) is 4. The van der Waals surface area contributed by atoms with Crippen molar-refractivity contribution in [3.63, 3.8) is 0 Å². The number of amides is 1. The first kappa shape index (κ1) is 19.3. The molecular weight excluding hydrogens is 388 g/mol. The van der Waals surface area contributed by atoms with Crippen molar-refractivity contribution in [2.24, 2.45) is 0 Å². The molecule has 29 heavy (non-hydrogen) atoms. The Kier molecular flexibility index (Phi) is 5.20. The number of aromatic nitrogens is 3. The standard InChI is InChI=1S/C22H21ClN4O2/c1-13(2)21-25-18-9-10-27(22(29)15-5-8-19(23)24-11-15)12-17(18)20(26-21)14-3-6-16(28)7-4-14/h3-8,11,13,28H,9-10,12H2,1-2H3. The molecule has 3 heterocycles. The molecule has 0 unspecified atom stereocenters. The molecule has 148 valence electrons. The van der Waals surface area contributed by atoms with Crippen LogP contribution in [-0.4, -0.2) is 37.4 Å². The molecular formula is C22H21ClN4O2. The van der Waals surface area contributed by atoms with Gasteiger partial charge < -0.3 is 10.0 Å². The van der Waals surface area contributed by atoms with E-state index in [1.165, 1.54) is 6.20 Å². The highest BCUT2D eigenvalue weighted by Crippen LogP contribution is 2.31. The molecule has 1 aliphatic rings. The molecule has 0 radical (unpaired) electrons. The van der Waals surface area contributed by atoms with Crippen molar-refractivity contribution in [2.75, 3.05) is 6.54 Å². The van der Waals surface area contributed by atoms with E-state index >= 15 is 0 Å². The van der Waals surface area contributed by atoms with Crippen LogP contribution in [-0.2, 0) is 13.0 Å². The van der Waals surface area contributed by atoms with E-state index in [4.69, 9.17) is 21.6 Å². The maximum absolute atomic E-state index is 13.0. The average molecular weight is 409 g/mol. The molecule has 0 bridgehead atoms. The van der Waals surface area contributed by atoms with Crippen LogP contribution in [0.25, 0.3) is 11.3 Å². The summed E-state index contributed by atoms with van der Waals surface area (Å²) in [4.78, 5) is 28.3. The minimum absolute atomic E-state index is 0.0931. The van der Waals surface area contributed by atoms with Gasteiger partial charge in [-0.25, -0.2) is 15.0 Å². The lowest BCUT2D eigenvalue weighted by molar-refractivity contribution is 0.0733. The van der Waals surface area contributed by atoms with Crippen molar-refractivity contribution >= 4 is 17.5 Å². The predicted molar refractivity (Wildman–Crippen MR) is 111 cm³/mol. The van der Waals surface area contributed by atoms with Crippen molar-refractivity contribution in [1.82, 2.24) is 19.9 Å². The number of halogens is 1. The van der Waals surface area contributed by atoms with Gasteiger partial charge in [0.2, 0.25) is 0 Å². The summed E-state index contributed by atoms with van der Waals surface area (Å²) >= 11 is 5.84. The highest BCUT2D eigenvalue weighted by atomic mass is 35.5. The van der Waals surface area contributed by atoms with Gasteiger partial charge in [0, 0.05) is 42.8 Å². The normalized spacial score (nSPS) is 13.4. The lowest BCUT2D eigenvalue weighted by atomic mass is 9.97. The number of benzene rings is 1. The molecule has 6 nitrogen and oxygen atoms in total. The summed E-state index contributed by atoms with van der Waals surface area (Å²) < 4.78 is 0. The van der Waals surface area contributed by atoms with E-state index in [9.17, 15) is 9.90 Å². The maximum atomic E-state index is 13.0. The maximum Gasteiger partial charge on any atom is 0.255 e. The van der Waals surface area contributed by atoms with Gasteiger partial charge in [0.25, 0.3) is 5.91 Å². The molecule has 0 aliphatic carbocycles. The molecule has 1 aliphatic heterocycles. The zero-order valence-electron chi connectivity index (χ0n) is 16.3. The molecule has 1 N–H and O–H groups in total. The molecule has 0 saturated heterocycles. The molecule has 0 spiro atoms. The van der Waals surface area contributed by atoms with Crippen molar-refractivity contribution in [3.8, 4) is 17.0 Å². The van der Waals surface area contributed by atoms with Gasteiger partial charge in [0.1, 0.15) is 16.7 Å². The van der Waals surface area contributed by atoms with Crippen LogP contribution in [0.2, 0.25) is 5.15 Å². The summed E-state index contributed by atoms with van der Waals surface area (Å²) in [5.41, 5.74) is 4.13. The third-order valence-electron chi connectivity index (χ3n) is 5.00. The Morgan fingerprint density at radius 2 is 1.90 bits per heavy atom. The number of carbonyl (C=O) groups excluding carboxylic acids is 1. The fraction of sp³-hybridized carbons (Fsp3) is 0.273. The van der Waals surface area contributed by atoms with Crippen LogP contribution in [0, 0.1) is 0 Å². The lowest BCUT2D eigenvalue weighted by Crippen LogP contribution is -2.37. The van der Waals surface area contributed by atoms with Crippen LogP contribution < -0.4 is 0 Å². The van der Waals surface area contributed by atoms with Crippen molar-refractivity contribution in [1.29, 1.82) is 0 Å². The van der Waals surface area contributed by atoms with E-state index in [1.807, 2.05) is 12.1 Å². The van der Waals surface area contributed by atoms with E-state index in [0.717, 1.165) is 28.3 Å². The molecule has 1 amide bonds. The molecule has 7 heteroatoms. The Bertz CT molecular complexity index is 1050. The van der Waals surface area contributed by atoms with Crippen LogP contribution >= 0.6 is 11.6 Å². The number of hydrogen-bond donors (Lipinski definition) is 1. The number of fused-ring (bicyclic) bond motifs is 1. The zero-order chi connectivity index (χ0) is 20.5. The smallest absolute Gasteiger partial charge is 0.255 e. The third-order valence-corrected chi connectivity index (χ3v) is 5.22. The molecule has 1 aromatic carbocycles. The number of phenols is 1. The van der Waals surface area contributed by atoms with Crippen molar-refractivity contribution < 1.29 is 9.90 Å². The summed E-state index contributed by atoms with van der Waals surface area (Å²) in [6.45, 7) is 5.13. The second-order valence-corrected chi connectivity index (χ2v) is 7.79. The average Bonchev–Trinajstić information content (AvgIpc) is 2.73. The molecule has 2 aromatic heterocycles. The van der Waals surface area contributed by atoms with Gasteiger partial charge in [-0.05, 0) is 36.4 Å². The number of aromatic hydroxyl groups is 1. The van der Waals surface area contributed by atoms with Crippen molar-refractivity contribution in [3.05, 3.63) is 70.4 Å². The summed E-state index contributed by atoms with van der Waals surface area (Å²) in [6, 6.07) is 10.3. The third kappa shape index (κ3) is 3.93. The topological polar surface area (TPSA) is 79.2 Å². The first-order valence-electron chi connectivity index (χ1n) is 9.52. The Morgan fingerprint density at radius 1 is 1.14 bits per heavy atom. The molecule has 0 saturated carbocycles. The number of phenolic OH excluding ortho intramolecular Hbond substituents is 1. The second-order valence-electron chi connectivity index (χ2n) is 7.40. The molecule has 0 fully saturated rings. The zero-order valence-corrected chi connectivity index (χ0v) is 17.0. The number of rotatable bonds is 3. The monoisotopic (exact) mass is 408 g/mol. The Morgan fingerprint density at radius 3 is 2.55 bits per heavy atom. The SMILES string of the molecule is CC(C)c1nc2c(c(-c3ccc(O)cc3)n1)CN(C(=O)c1ccc(Cl)nc1)CC2. The summed E-state index contributed by atoms with van der Waals surface area (Å²) in [7, 11) is 0. The van der Waals surface area contributed by atoms with Gasteiger partial charge in [-0.1, -0.05) is 25.4 Å². The van der Waals surface area contributed by atoms with Crippen LogP contribution in [0.4, 0.5) is 0 Å². The number of hydrogen-bond acceptors (Lipinski definition) is 5. The van der Waals surface area contributed by atoms with E-state index in [2.05, 4.69) is 18.8 Å². The first-order chi connectivity index (χ1) is 13.9. The summed E-state index contributed by atoms with van der Waals surface area (Å²) in [6.07, 6.45) is 2.16. The summed E-state index contributed by atoms with van der Waals surface area (Å²) in [5, 5.41) is 10.0. The predicted octanol–water partition coefficient (Wildman–Crippen LogP) is 4.22. The number of pyridine rings is 1. The number of carbonyl (C=O) groups is 1. The van der Waals surface area contributed by atoms with Gasteiger partial charge in [-0.15, -0.1) is 0 Å². The fourth-order valence-corrected chi connectivity index (χ4v) is 3.52. The molecule has 3 aromatic rings. The largest absolute Gasteiger partial charge is 0.508 e. The minimum Gasteiger partial charge on any atom is -0.508 e. The minimum atomic E-state index is -0.0931. The fourth-order valence-electron chi connectivity index (χ4n) is 3.41.